The van der Waals surface area contributed by atoms with Gasteiger partial charge in [-0.25, -0.2) is 0 Å². The van der Waals surface area contributed by atoms with Gasteiger partial charge in [-0.2, -0.15) is 0 Å². The lowest BCUT2D eigenvalue weighted by atomic mass is 9.98. The van der Waals surface area contributed by atoms with Gasteiger partial charge in [-0.3, -0.25) is 0 Å². The zero-order chi connectivity index (χ0) is 9.68. The largest absolute Gasteiger partial charge is 0.330 e. The number of likely N-dealkylation sites (N-methyl/N-ethyl adjacent to an activating group) is 1. The molecule has 0 aromatic carbocycles. The molecule has 0 aliphatic carbocycles. The fraction of sp³-hybridized carbons (Fsp3) is 1.00. The quantitative estimate of drug-likeness (QED) is 0.680. The Labute approximate surface area is 81.9 Å². The van der Waals surface area contributed by atoms with E-state index in [2.05, 4.69) is 23.9 Å². The van der Waals surface area contributed by atoms with Crippen LogP contribution in [0, 0.1) is 5.92 Å². The Kier molecular flexibility index (Phi) is 4.70. The summed E-state index contributed by atoms with van der Waals surface area (Å²) in [4.78, 5) is 4.78. The number of nitrogens with two attached hydrogens (primary N) is 1. The number of hydrogen-bond acceptors (Lipinski definition) is 3. The van der Waals surface area contributed by atoms with Crippen molar-refractivity contribution in [2.24, 2.45) is 11.7 Å². The highest BCUT2D eigenvalue weighted by molar-refractivity contribution is 4.73. The molecule has 0 aromatic heterocycles. The molecule has 1 rings (SSSR count). The molecule has 0 amide bonds. The van der Waals surface area contributed by atoms with Crippen molar-refractivity contribution in [3.05, 3.63) is 0 Å². The molecule has 2 N–H and O–H groups in total. The minimum absolute atomic E-state index is 0.746. The van der Waals surface area contributed by atoms with Gasteiger partial charge in [-0.1, -0.05) is 0 Å². The molecule has 1 aliphatic rings. The Morgan fingerprint density at radius 2 is 2.23 bits per heavy atom. The summed E-state index contributed by atoms with van der Waals surface area (Å²) in [7, 11) is 4.26. The Morgan fingerprint density at radius 1 is 1.46 bits per heavy atom. The monoisotopic (exact) mass is 185 g/mol. The van der Waals surface area contributed by atoms with Crippen molar-refractivity contribution in [1.29, 1.82) is 0 Å². The molecule has 3 nitrogen and oxygen atoms in total. The van der Waals surface area contributed by atoms with Gasteiger partial charge in [-0.05, 0) is 45.9 Å². The minimum atomic E-state index is 0.746. The maximum Gasteiger partial charge on any atom is 0.0109 e. The molecule has 1 heterocycles. The molecule has 0 spiro atoms. The summed E-state index contributed by atoms with van der Waals surface area (Å²) in [6, 6.07) is 0. The summed E-state index contributed by atoms with van der Waals surface area (Å²) in [6.07, 6.45) is 2.66. The highest BCUT2D eigenvalue weighted by Gasteiger charge is 2.17. The molecule has 1 atom stereocenters. The van der Waals surface area contributed by atoms with Gasteiger partial charge < -0.3 is 15.5 Å². The third-order valence-electron chi connectivity index (χ3n) is 2.80. The van der Waals surface area contributed by atoms with Crippen LogP contribution in [0.2, 0.25) is 0 Å². The van der Waals surface area contributed by atoms with Crippen LogP contribution in [0.15, 0.2) is 0 Å². The number of rotatable bonds is 4. The van der Waals surface area contributed by atoms with Crippen molar-refractivity contribution in [1.82, 2.24) is 9.80 Å². The highest BCUT2D eigenvalue weighted by Crippen LogP contribution is 2.14. The maximum absolute atomic E-state index is 5.68. The van der Waals surface area contributed by atoms with Crippen molar-refractivity contribution in [2.75, 3.05) is 46.8 Å². The van der Waals surface area contributed by atoms with Gasteiger partial charge >= 0.3 is 0 Å². The van der Waals surface area contributed by atoms with Gasteiger partial charge in [0.15, 0.2) is 0 Å². The Bertz CT molecular complexity index is 136. The van der Waals surface area contributed by atoms with Crippen LogP contribution in [-0.2, 0) is 0 Å². The molecule has 0 bridgehead atoms. The maximum atomic E-state index is 5.68. The van der Waals surface area contributed by atoms with Crippen LogP contribution < -0.4 is 5.73 Å². The molecule has 3 heteroatoms. The second-order valence-corrected chi connectivity index (χ2v) is 4.35. The van der Waals surface area contributed by atoms with Crippen molar-refractivity contribution in [2.45, 2.75) is 12.8 Å². The number of hydrogen-bond donors (Lipinski definition) is 1. The summed E-state index contributed by atoms with van der Waals surface area (Å²) < 4.78 is 0. The molecule has 1 unspecified atom stereocenters. The fourth-order valence-corrected chi connectivity index (χ4v) is 1.89. The molecular formula is C10H23N3. The molecule has 13 heavy (non-hydrogen) atoms. The first-order valence-electron chi connectivity index (χ1n) is 5.29. The zero-order valence-electron chi connectivity index (χ0n) is 9.00. The van der Waals surface area contributed by atoms with E-state index in [4.69, 9.17) is 5.73 Å². The Balaban J connectivity index is 2.18. The zero-order valence-corrected chi connectivity index (χ0v) is 9.00. The molecule has 0 aromatic rings. The van der Waals surface area contributed by atoms with Crippen LogP contribution >= 0.6 is 0 Å². The second-order valence-electron chi connectivity index (χ2n) is 4.35. The summed E-state index contributed by atoms with van der Waals surface area (Å²) >= 11 is 0. The molecule has 0 radical (unpaired) electrons. The molecule has 78 valence electrons. The van der Waals surface area contributed by atoms with Crippen LogP contribution in [0.5, 0.6) is 0 Å². The van der Waals surface area contributed by atoms with Gasteiger partial charge in [0.05, 0.1) is 0 Å². The van der Waals surface area contributed by atoms with Gasteiger partial charge in [0.2, 0.25) is 0 Å². The summed E-state index contributed by atoms with van der Waals surface area (Å²) in [5.74, 6) is 0.746. The van der Waals surface area contributed by atoms with E-state index in [1.807, 2.05) is 0 Å². The van der Waals surface area contributed by atoms with Crippen LogP contribution in [0.25, 0.3) is 0 Å². The van der Waals surface area contributed by atoms with E-state index in [0.29, 0.717) is 0 Å². The van der Waals surface area contributed by atoms with E-state index in [-0.39, 0.29) is 0 Å². The van der Waals surface area contributed by atoms with Crippen molar-refractivity contribution < 1.29 is 0 Å². The van der Waals surface area contributed by atoms with Crippen molar-refractivity contribution in [3.8, 4) is 0 Å². The number of nitrogens with zero attached hydrogens (tertiary/aromatic N) is 2. The average Bonchev–Trinajstić information content (AvgIpc) is 2.15. The van der Waals surface area contributed by atoms with Gasteiger partial charge in [0.1, 0.15) is 0 Å². The standard InChI is InChI=1S/C10H23N3/c1-12(2)6-7-13-5-3-4-10(8-11)9-13/h10H,3-9,11H2,1-2H3. The van der Waals surface area contributed by atoms with Crippen molar-refractivity contribution in [3.63, 3.8) is 0 Å². The third-order valence-corrected chi connectivity index (χ3v) is 2.80. The number of piperidine rings is 1. The van der Waals surface area contributed by atoms with Gasteiger partial charge in [0, 0.05) is 19.6 Å². The number of likely N-dealkylation sites (tertiary alicyclic amines) is 1. The van der Waals surface area contributed by atoms with Crippen LogP contribution in [-0.4, -0.2) is 56.6 Å². The van der Waals surface area contributed by atoms with Crippen molar-refractivity contribution >= 4 is 0 Å². The molecule has 1 fully saturated rings. The van der Waals surface area contributed by atoms with E-state index in [0.717, 1.165) is 19.0 Å². The first-order valence-corrected chi connectivity index (χ1v) is 5.29. The summed E-state index contributed by atoms with van der Waals surface area (Å²) in [5, 5.41) is 0. The van der Waals surface area contributed by atoms with Gasteiger partial charge in [-0.15, -0.1) is 0 Å². The van der Waals surface area contributed by atoms with Crippen LogP contribution in [0.1, 0.15) is 12.8 Å². The molecule has 1 aliphatic heterocycles. The lowest BCUT2D eigenvalue weighted by Gasteiger charge is -2.32. The normalized spacial score (nSPS) is 25.4. The van der Waals surface area contributed by atoms with E-state index >= 15 is 0 Å². The van der Waals surface area contributed by atoms with E-state index in [1.165, 1.54) is 32.5 Å². The predicted molar refractivity (Wildman–Crippen MR) is 56.8 cm³/mol. The Hall–Kier alpha value is -0.120. The summed E-state index contributed by atoms with van der Waals surface area (Å²) in [5.41, 5.74) is 5.68. The first-order chi connectivity index (χ1) is 6.22. The summed E-state index contributed by atoms with van der Waals surface area (Å²) in [6.45, 7) is 5.70. The minimum Gasteiger partial charge on any atom is -0.330 e. The predicted octanol–water partition coefficient (Wildman–Crippen LogP) is 0.219. The van der Waals surface area contributed by atoms with E-state index < -0.39 is 0 Å². The molecule has 0 saturated carbocycles. The average molecular weight is 185 g/mol. The molecular weight excluding hydrogens is 162 g/mol. The third kappa shape index (κ3) is 4.07. The highest BCUT2D eigenvalue weighted by atomic mass is 15.2. The fourth-order valence-electron chi connectivity index (χ4n) is 1.89. The first kappa shape index (κ1) is 11.0. The van der Waals surface area contributed by atoms with Crippen LogP contribution in [0.4, 0.5) is 0 Å². The lowest BCUT2D eigenvalue weighted by molar-refractivity contribution is 0.165. The van der Waals surface area contributed by atoms with E-state index in [9.17, 15) is 0 Å². The van der Waals surface area contributed by atoms with E-state index in [1.54, 1.807) is 0 Å². The van der Waals surface area contributed by atoms with Gasteiger partial charge in [0.25, 0.3) is 0 Å². The Morgan fingerprint density at radius 3 is 2.85 bits per heavy atom. The smallest absolute Gasteiger partial charge is 0.0109 e. The lowest BCUT2D eigenvalue weighted by Crippen LogP contribution is -2.41. The molecule has 1 saturated heterocycles. The SMILES string of the molecule is CN(C)CCN1CCCC(CN)C1. The van der Waals surface area contributed by atoms with Crippen LogP contribution in [0.3, 0.4) is 0 Å². The topological polar surface area (TPSA) is 32.5 Å². The second kappa shape index (κ2) is 5.58.